The lowest BCUT2D eigenvalue weighted by atomic mass is 9.97. The normalized spacial score (nSPS) is 17.4. The maximum atomic E-state index is 12.6. The van der Waals surface area contributed by atoms with Crippen LogP contribution < -0.4 is 15.0 Å². The number of ether oxygens (including phenoxy) is 1. The highest BCUT2D eigenvalue weighted by molar-refractivity contribution is 5.93. The van der Waals surface area contributed by atoms with E-state index in [4.69, 9.17) is 4.74 Å². The Labute approximate surface area is 141 Å². The third kappa shape index (κ3) is 4.01. The fraction of sp³-hybridized carbons (Fsp3) is 0.389. The Morgan fingerprint density at radius 2 is 2.17 bits per heavy atom. The molecule has 1 fully saturated rings. The number of hydrogen-bond acceptors (Lipinski definition) is 5. The molecule has 1 amide bonds. The Balaban J connectivity index is 1.63. The minimum Gasteiger partial charge on any atom is -0.494 e. The third-order valence-electron chi connectivity index (χ3n) is 4.04. The van der Waals surface area contributed by atoms with Crippen LogP contribution in [0, 0.1) is 5.92 Å². The smallest absolute Gasteiger partial charge is 0.229 e. The minimum absolute atomic E-state index is 0.0317. The van der Waals surface area contributed by atoms with Gasteiger partial charge in [0, 0.05) is 37.2 Å². The summed E-state index contributed by atoms with van der Waals surface area (Å²) >= 11 is 0. The summed E-state index contributed by atoms with van der Waals surface area (Å²) in [5.74, 6) is 1.41. The van der Waals surface area contributed by atoms with Gasteiger partial charge in [0.15, 0.2) is 0 Å². The molecule has 1 saturated heterocycles. The summed E-state index contributed by atoms with van der Waals surface area (Å²) in [6.45, 7) is 4.06. The first kappa shape index (κ1) is 16.2. The topological polar surface area (TPSA) is 67.3 Å². The molecular formula is C18H22N4O2. The zero-order valence-electron chi connectivity index (χ0n) is 13.8. The van der Waals surface area contributed by atoms with Gasteiger partial charge in [-0.05, 0) is 38.0 Å². The van der Waals surface area contributed by atoms with Crippen molar-refractivity contribution >= 4 is 17.5 Å². The van der Waals surface area contributed by atoms with Crippen LogP contribution in [0.3, 0.4) is 0 Å². The fourth-order valence-corrected chi connectivity index (χ4v) is 2.90. The lowest BCUT2D eigenvalue weighted by Gasteiger charge is -2.31. The van der Waals surface area contributed by atoms with Crippen LogP contribution >= 0.6 is 0 Å². The van der Waals surface area contributed by atoms with E-state index < -0.39 is 0 Å². The summed E-state index contributed by atoms with van der Waals surface area (Å²) in [5.41, 5.74) is 0.763. The standard InChI is InChI=1S/C18H22N4O2/c1-2-24-16-8-3-7-15(12-16)21-17(23)14-6-4-11-22(13-14)18-19-9-5-10-20-18/h3,5,7-10,12,14H,2,4,6,11,13H2,1H3,(H,21,23). The van der Waals surface area contributed by atoms with Crippen molar-refractivity contribution in [1.29, 1.82) is 0 Å². The van der Waals surface area contributed by atoms with Gasteiger partial charge in [-0.1, -0.05) is 6.07 Å². The minimum atomic E-state index is -0.0710. The Bertz CT molecular complexity index is 678. The van der Waals surface area contributed by atoms with Crippen molar-refractivity contribution in [3.05, 3.63) is 42.7 Å². The molecule has 1 unspecified atom stereocenters. The van der Waals surface area contributed by atoms with E-state index in [1.54, 1.807) is 18.5 Å². The zero-order valence-corrected chi connectivity index (χ0v) is 13.8. The summed E-state index contributed by atoms with van der Waals surface area (Å²) < 4.78 is 5.47. The lowest BCUT2D eigenvalue weighted by molar-refractivity contribution is -0.120. The molecule has 2 heterocycles. The number of hydrogen-bond donors (Lipinski definition) is 1. The summed E-state index contributed by atoms with van der Waals surface area (Å²) in [4.78, 5) is 23.2. The maximum Gasteiger partial charge on any atom is 0.229 e. The number of aromatic nitrogens is 2. The SMILES string of the molecule is CCOc1cccc(NC(=O)C2CCCN(c3ncccn3)C2)c1. The van der Waals surface area contributed by atoms with Crippen molar-refractivity contribution in [1.82, 2.24) is 9.97 Å². The summed E-state index contributed by atoms with van der Waals surface area (Å²) in [6.07, 6.45) is 5.28. The predicted octanol–water partition coefficient (Wildman–Crippen LogP) is 2.73. The van der Waals surface area contributed by atoms with Gasteiger partial charge >= 0.3 is 0 Å². The quantitative estimate of drug-likeness (QED) is 0.915. The second-order valence-corrected chi connectivity index (χ2v) is 5.78. The first-order valence-electron chi connectivity index (χ1n) is 8.32. The first-order chi connectivity index (χ1) is 11.8. The highest BCUT2D eigenvalue weighted by Crippen LogP contribution is 2.23. The number of nitrogens with zero attached hydrogens (tertiary/aromatic N) is 3. The Kier molecular flexibility index (Phi) is 5.25. The molecule has 0 aliphatic carbocycles. The monoisotopic (exact) mass is 326 g/mol. The molecule has 1 aromatic heterocycles. The fourth-order valence-electron chi connectivity index (χ4n) is 2.90. The highest BCUT2D eigenvalue weighted by Gasteiger charge is 2.27. The molecule has 6 heteroatoms. The number of anilines is 2. The van der Waals surface area contributed by atoms with Crippen LogP contribution in [0.25, 0.3) is 0 Å². The van der Waals surface area contributed by atoms with Gasteiger partial charge in [-0.15, -0.1) is 0 Å². The van der Waals surface area contributed by atoms with Crippen LogP contribution in [0.15, 0.2) is 42.7 Å². The third-order valence-corrected chi connectivity index (χ3v) is 4.04. The number of carbonyl (C=O) groups excluding carboxylic acids is 1. The predicted molar refractivity (Wildman–Crippen MR) is 93.2 cm³/mol. The van der Waals surface area contributed by atoms with Crippen molar-refractivity contribution < 1.29 is 9.53 Å². The molecule has 1 atom stereocenters. The number of nitrogens with one attached hydrogen (secondary N) is 1. The van der Waals surface area contributed by atoms with Gasteiger partial charge in [-0.3, -0.25) is 4.79 Å². The molecular weight excluding hydrogens is 304 g/mol. The van der Waals surface area contributed by atoms with Crippen LogP contribution in [-0.2, 0) is 4.79 Å². The summed E-state index contributed by atoms with van der Waals surface area (Å²) in [5, 5.41) is 3.00. The molecule has 24 heavy (non-hydrogen) atoms. The molecule has 3 rings (SSSR count). The van der Waals surface area contributed by atoms with Crippen LogP contribution in [0.4, 0.5) is 11.6 Å². The molecule has 1 aliphatic heterocycles. The van der Waals surface area contributed by atoms with Crippen LogP contribution in [-0.4, -0.2) is 35.6 Å². The van der Waals surface area contributed by atoms with E-state index in [9.17, 15) is 4.79 Å². The van der Waals surface area contributed by atoms with Crippen molar-refractivity contribution in [2.75, 3.05) is 29.9 Å². The van der Waals surface area contributed by atoms with E-state index in [1.165, 1.54) is 0 Å². The van der Waals surface area contributed by atoms with Gasteiger partial charge in [0.2, 0.25) is 11.9 Å². The van der Waals surface area contributed by atoms with Crippen LogP contribution in [0.1, 0.15) is 19.8 Å². The molecule has 1 N–H and O–H groups in total. The second kappa shape index (κ2) is 7.77. The van der Waals surface area contributed by atoms with Gasteiger partial charge in [0.05, 0.1) is 12.5 Å². The van der Waals surface area contributed by atoms with Crippen LogP contribution in [0.2, 0.25) is 0 Å². The van der Waals surface area contributed by atoms with Crippen molar-refractivity contribution in [2.24, 2.45) is 5.92 Å². The van der Waals surface area contributed by atoms with Gasteiger partial charge in [0.1, 0.15) is 5.75 Å². The van der Waals surface area contributed by atoms with E-state index in [0.717, 1.165) is 30.8 Å². The molecule has 2 aromatic rings. The number of amides is 1. The average molecular weight is 326 g/mol. The first-order valence-corrected chi connectivity index (χ1v) is 8.32. The average Bonchev–Trinajstić information content (AvgIpc) is 2.63. The van der Waals surface area contributed by atoms with E-state index in [1.807, 2.05) is 31.2 Å². The number of piperidine rings is 1. The van der Waals surface area contributed by atoms with E-state index in [-0.39, 0.29) is 11.8 Å². The Hall–Kier alpha value is -2.63. The summed E-state index contributed by atoms with van der Waals surface area (Å²) in [6, 6.07) is 9.28. The largest absolute Gasteiger partial charge is 0.494 e. The zero-order chi connectivity index (χ0) is 16.8. The Morgan fingerprint density at radius 1 is 1.33 bits per heavy atom. The van der Waals surface area contributed by atoms with Gasteiger partial charge in [0.25, 0.3) is 0 Å². The molecule has 0 bridgehead atoms. The molecule has 126 valence electrons. The van der Waals surface area contributed by atoms with E-state index in [2.05, 4.69) is 20.2 Å². The van der Waals surface area contributed by atoms with Gasteiger partial charge in [-0.2, -0.15) is 0 Å². The number of rotatable bonds is 5. The van der Waals surface area contributed by atoms with E-state index >= 15 is 0 Å². The van der Waals surface area contributed by atoms with Crippen molar-refractivity contribution in [2.45, 2.75) is 19.8 Å². The van der Waals surface area contributed by atoms with Crippen LogP contribution in [0.5, 0.6) is 5.75 Å². The Morgan fingerprint density at radius 3 is 2.96 bits per heavy atom. The van der Waals surface area contributed by atoms with Crippen molar-refractivity contribution in [3.8, 4) is 5.75 Å². The second-order valence-electron chi connectivity index (χ2n) is 5.78. The van der Waals surface area contributed by atoms with Gasteiger partial charge < -0.3 is 15.0 Å². The van der Waals surface area contributed by atoms with Gasteiger partial charge in [-0.25, -0.2) is 9.97 Å². The van der Waals surface area contributed by atoms with E-state index in [0.29, 0.717) is 19.1 Å². The molecule has 1 aliphatic rings. The molecule has 6 nitrogen and oxygen atoms in total. The molecule has 0 radical (unpaired) electrons. The van der Waals surface area contributed by atoms with Crippen molar-refractivity contribution in [3.63, 3.8) is 0 Å². The highest BCUT2D eigenvalue weighted by atomic mass is 16.5. The summed E-state index contributed by atoms with van der Waals surface area (Å²) in [7, 11) is 0. The molecule has 0 spiro atoms. The number of benzene rings is 1. The molecule has 1 aromatic carbocycles. The lowest BCUT2D eigenvalue weighted by Crippen LogP contribution is -2.41. The maximum absolute atomic E-state index is 12.6. The molecule has 0 saturated carbocycles. The number of carbonyl (C=O) groups is 1.